The van der Waals surface area contributed by atoms with Crippen molar-refractivity contribution >= 4 is 26.7 Å². The van der Waals surface area contributed by atoms with E-state index in [1.807, 2.05) is 0 Å². The van der Waals surface area contributed by atoms with Gasteiger partial charge in [0.25, 0.3) is 0 Å². The molecule has 0 radical (unpaired) electrons. The van der Waals surface area contributed by atoms with Gasteiger partial charge in [0.15, 0.2) is 0 Å². The molecule has 1 atom stereocenters. The van der Waals surface area contributed by atoms with Crippen molar-refractivity contribution in [1.29, 1.82) is 0 Å². The van der Waals surface area contributed by atoms with Crippen molar-refractivity contribution < 1.29 is 9.47 Å². The van der Waals surface area contributed by atoms with Crippen LogP contribution in [0.3, 0.4) is 0 Å². The third kappa shape index (κ3) is 7.27. The van der Waals surface area contributed by atoms with Crippen LogP contribution in [0, 0.1) is 0 Å². The molecule has 2 nitrogen and oxygen atoms in total. The van der Waals surface area contributed by atoms with Gasteiger partial charge in [-0.3, -0.25) is 0 Å². The number of ether oxygens (including phenoxy) is 2. The van der Waals surface area contributed by atoms with Crippen LogP contribution in [0.25, 0.3) is 10.8 Å². The average molecular weight is 407 g/mol. The molecule has 0 aliphatic rings. The van der Waals surface area contributed by atoms with E-state index in [2.05, 4.69) is 66.2 Å². The third-order valence-electron chi connectivity index (χ3n) is 4.42. The highest BCUT2D eigenvalue weighted by Crippen LogP contribution is 2.25. The number of unbranched alkanes of at least 4 members (excludes halogenated alkanes) is 3. The molecule has 0 aliphatic carbocycles. The van der Waals surface area contributed by atoms with Crippen molar-refractivity contribution in [2.75, 3.05) is 13.2 Å². The maximum atomic E-state index is 5.91. The Hall–Kier alpha value is -1.22. The zero-order chi connectivity index (χ0) is 17.9. The van der Waals surface area contributed by atoms with Crippen molar-refractivity contribution in [3.63, 3.8) is 0 Å². The van der Waals surface area contributed by atoms with Gasteiger partial charge >= 0.3 is 0 Å². The second kappa shape index (κ2) is 11.4. The van der Waals surface area contributed by atoms with Crippen molar-refractivity contribution in [2.24, 2.45) is 0 Å². The lowest BCUT2D eigenvalue weighted by Crippen LogP contribution is -2.00. The number of benzene rings is 2. The van der Waals surface area contributed by atoms with E-state index in [1.54, 1.807) is 0 Å². The summed E-state index contributed by atoms with van der Waals surface area (Å²) >= 11 is 3.68. The van der Waals surface area contributed by atoms with E-state index in [1.165, 1.54) is 42.9 Å². The highest BCUT2D eigenvalue weighted by atomic mass is 79.9. The minimum absolute atomic E-state index is 0.645. The van der Waals surface area contributed by atoms with Gasteiger partial charge in [-0.2, -0.15) is 0 Å². The molecule has 0 heterocycles. The summed E-state index contributed by atoms with van der Waals surface area (Å²) in [5.74, 6) is 1.91. The maximum absolute atomic E-state index is 5.91. The summed E-state index contributed by atoms with van der Waals surface area (Å²) in [7, 11) is 0. The van der Waals surface area contributed by atoms with Gasteiger partial charge in [-0.1, -0.05) is 54.8 Å². The molecule has 2 aromatic carbocycles. The van der Waals surface area contributed by atoms with Gasteiger partial charge in [-0.05, 0) is 67.1 Å². The standard InChI is InChI=1S/C22H31BrO2/c1-3-5-7-14-24-21-12-10-19-17-22(13-11-18(19)16-21)25-15-8-6-9-20(23)4-2/h10-13,16-17,20H,3-9,14-15H2,1-2H3. The number of hydrogen-bond acceptors (Lipinski definition) is 2. The summed E-state index contributed by atoms with van der Waals surface area (Å²) in [6.45, 7) is 6.01. The molecule has 0 amide bonds. The summed E-state index contributed by atoms with van der Waals surface area (Å²) in [5.41, 5.74) is 0. The Morgan fingerprint density at radius 3 is 1.88 bits per heavy atom. The Balaban J connectivity index is 1.81. The van der Waals surface area contributed by atoms with Crippen LogP contribution in [0.1, 0.15) is 58.8 Å². The average Bonchev–Trinajstić information content (AvgIpc) is 2.64. The first-order chi connectivity index (χ1) is 12.2. The quantitative estimate of drug-likeness (QED) is 0.275. The third-order valence-corrected chi connectivity index (χ3v) is 5.53. The first-order valence-electron chi connectivity index (χ1n) is 9.66. The molecular formula is C22H31BrO2. The van der Waals surface area contributed by atoms with Gasteiger partial charge in [0.1, 0.15) is 11.5 Å². The molecule has 0 aliphatic heterocycles. The number of halogens is 1. The molecule has 2 aromatic rings. The molecule has 2 rings (SSSR count). The molecule has 0 bridgehead atoms. The Kier molecular flexibility index (Phi) is 9.17. The monoisotopic (exact) mass is 406 g/mol. The van der Waals surface area contributed by atoms with Gasteiger partial charge in [0.05, 0.1) is 13.2 Å². The second-order valence-corrected chi connectivity index (χ2v) is 7.87. The summed E-state index contributed by atoms with van der Waals surface area (Å²) in [6, 6.07) is 12.6. The molecule has 3 heteroatoms. The first kappa shape index (κ1) is 20.1. The van der Waals surface area contributed by atoms with E-state index in [0.717, 1.165) is 37.6 Å². The molecule has 0 saturated heterocycles. The molecule has 0 aromatic heterocycles. The maximum Gasteiger partial charge on any atom is 0.119 e. The predicted molar refractivity (Wildman–Crippen MR) is 111 cm³/mol. The summed E-state index contributed by atoms with van der Waals surface area (Å²) in [4.78, 5) is 0.645. The topological polar surface area (TPSA) is 18.5 Å². The lowest BCUT2D eigenvalue weighted by molar-refractivity contribution is 0.305. The van der Waals surface area contributed by atoms with Crippen molar-refractivity contribution in [1.82, 2.24) is 0 Å². The van der Waals surface area contributed by atoms with E-state index < -0.39 is 0 Å². The molecule has 25 heavy (non-hydrogen) atoms. The fourth-order valence-corrected chi connectivity index (χ4v) is 3.11. The van der Waals surface area contributed by atoms with Crippen LogP contribution < -0.4 is 9.47 Å². The van der Waals surface area contributed by atoms with Crippen LogP contribution in [-0.4, -0.2) is 18.0 Å². The van der Waals surface area contributed by atoms with Gasteiger partial charge in [0, 0.05) is 4.83 Å². The Morgan fingerprint density at radius 1 is 0.800 bits per heavy atom. The van der Waals surface area contributed by atoms with Crippen LogP contribution in [0.4, 0.5) is 0 Å². The highest BCUT2D eigenvalue weighted by Gasteiger charge is 2.02. The molecule has 0 spiro atoms. The normalized spacial score (nSPS) is 12.3. The number of hydrogen-bond donors (Lipinski definition) is 0. The van der Waals surface area contributed by atoms with E-state index >= 15 is 0 Å². The minimum Gasteiger partial charge on any atom is -0.494 e. The number of rotatable bonds is 12. The van der Waals surface area contributed by atoms with Crippen LogP contribution in [0.2, 0.25) is 0 Å². The van der Waals surface area contributed by atoms with E-state index in [9.17, 15) is 0 Å². The lowest BCUT2D eigenvalue weighted by Gasteiger charge is -2.10. The zero-order valence-electron chi connectivity index (χ0n) is 15.6. The molecule has 1 unspecified atom stereocenters. The molecular weight excluding hydrogens is 376 g/mol. The van der Waals surface area contributed by atoms with Crippen LogP contribution in [0.5, 0.6) is 11.5 Å². The smallest absolute Gasteiger partial charge is 0.119 e. The fourth-order valence-electron chi connectivity index (χ4n) is 2.79. The number of fused-ring (bicyclic) bond motifs is 1. The Morgan fingerprint density at radius 2 is 1.36 bits per heavy atom. The lowest BCUT2D eigenvalue weighted by atomic mass is 10.1. The molecule has 0 fully saturated rings. The van der Waals surface area contributed by atoms with Crippen LogP contribution >= 0.6 is 15.9 Å². The van der Waals surface area contributed by atoms with Crippen molar-refractivity contribution in [3.8, 4) is 11.5 Å². The molecule has 0 saturated carbocycles. The minimum atomic E-state index is 0.645. The first-order valence-corrected chi connectivity index (χ1v) is 10.6. The van der Waals surface area contributed by atoms with Gasteiger partial charge in [-0.15, -0.1) is 0 Å². The van der Waals surface area contributed by atoms with Crippen LogP contribution in [0.15, 0.2) is 36.4 Å². The zero-order valence-corrected chi connectivity index (χ0v) is 17.2. The van der Waals surface area contributed by atoms with E-state index in [0.29, 0.717) is 4.83 Å². The SMILES string of the molecule is CCCCCOc1ccc2cc(OCCCCC(Br)CC)ccc2c1. The Labute approximate surface area is 161 Å². The van der Waals surface area contributed by atoms with Gasteiger partial charge in [0.2, 0.25) is 0 Å². The molecule has 138 valence electrons. The van der Waals surface area contributed by atoms with Gasteiger partial charge < -0.3 is 9.47 Å². The van der Waals surface area contributed by atoms with E-state index in [4.69, 9.17) is 9.47 Å². The van der Waals surface area contributed by atoms with Gasteiger partial charge in [-0.25, -0.2) is 0 Å². The molecule has 0 N–H and O–H groups in total. The summed E-state index contributed by atoms with van der Waals surface area (Å²) in [5, 5.41) is 2.40. The number of alkyl halides is 1. The van der Waals surface area contributed by atoms with E-state index in [-0.39, 0.29) is 0 Å². The highest BCUT2D eigenvalue weighted by molar-refractivity contribution is 9.09. The summed E-state index contributed by atoms with van der Waals surface area (Å²) in [6.07, 6.45) is 8.28. The van der Waals surface area contributed by atoms with Crippen molar-refractivity contribution in [2.45, 2.75) is 63.6 Å². The largest absolute Gasteiger partial charge is 0.494 e. The van der Waals surface area contributed by atoms with Crippen molar-refractivity contribution in [3.05, 3.63) is 36.4 Å². The second-order valence-electron chi connectivity index (χ2n) is 6.58. The predicted octanol–water partition coefficient (Wildman–Crippen LogP) is 7.13. The summed E-state index contributed by atoms with van der Waals surface area (Å²) < 4.78 is 11.7. The fraction of sp³-hybridized carbons (Fsp3) is 0.545. The van der Waals surface area contributed by atoms with Crippen LogP contribution in [-0.2, 0) is 0 Å². The Bertz CT molecular complexity index is 626.